The van der Waals surface area contributed by atoms with Crippen LogP contribution in [0.5, 0.6) is 11.5 Å². The molecular formula is C20H25N3O2S. The topological polar surface area (TPSA) is 54.9 Å². The Hall–Kier alpha value is -2.60. The summed E-state index contributed by atoms with van der Waals surface area (Å²) in [5.74, 6) is 1.40. The van der Waals surface area contributed by atoms with Crippen molar-refractivity contribution in [3.8, 4) is 11.5 Å². The average molecular weight is 372 g/mol. The number of ether oxygens (including phenoxy) is 2. The van der Waals surface area contributed by atoms with Crippen LogP contribution in [0.2, 0.25) is 0 Å². The van der Waals surface area contributed by atoms with E-state index >= 15 is 0 Å². The number of hydrazone groups is 1. The van der Waals surface area contributed by atoms with E-state index in [0.29, 0.717) is 29.8 Å². The third-order valence-electron chi connectivity index (χ3n) is 3.46. The number of rotatable bonds is 8. The van der Waals surface area contributed by atoms with Crippen LogP contribution in [0, 0.1) is 6.92 Å². The maximum absolute atomic E-state index is 5.94. The first-order chi connectivity index (χ1) is 12.6. The van der Waals surface area contributed by atoms with E-state index < -0.39 is 0 Å². The summed E-state index contributed by atoms with van der Waals surface area (Å²) in [4.78, 5) is 0. The first kappa shape index (κ1) is 19.7. The second kappa shape index (κ2) is 10.4. The van der Waals surface area contributed by atoms with Crippen molar-refractivity contribution in [1.29, 1.82) is 0 Å². The Morgan fingerprint density at radius 1 is 1.12 bits per heavy atom. The van der Waals surface area contributed by atoms with Gasteiger partial charge in [0.25, 0.3) is 0 Å². The molecule has 0 bridgehead atoms. The Kier molecular flexibility index (Phi) is 7.89. The monoisotopic (exact) mass is 371 g/mol. The van der Waals surface area contributed by atoms with E-state index in [-0.39, 0.29) is 0 Å². The van der Waals surface area contributed by atoms with Crippen LogP contribution in [-0.4, -0.2) is 24.5 Å². The summed E-state index contributed by atoms with van der Waals surface area (Å²) in [6, 6.07) is 14.0. The fraction of sp³-hybridized carbons (Fsp3) is 0.300. The SMILES string of the molecule is CCNC(=S)N/N=C/c1ccc(OCc2cccc(C)c2)c(OCC)c1. The zero-order chi connectivity index (χ0) is 18.8. The van der Waals surface area contributed by atoms with E-state index in [2.05, 4.69) is 34.9 Å². The molecule has 2 aromatic rings. The summed E-state index contributed by atoms with van der Waals surface area (Å²) in [5.41, 5.74) is 6.00. The molecule has 26 heavy (non-hydrogen) atoms. The highest BCUT2D eigenvalue weighted by molar-refractivity contribution is 7.80. The molecule has 2 aromatic carbocycles. The fourth-order valence-electron chi connectivity index (χ4n) is 2.32. The number of hydrogen-bond acceptors (Lipinski definition) is 4. The van der Waals surface area contributed by atoms with E-state index in [0.717, 1.165) is 17.7 Å². The lowest BCUT2D eigenvalue weighted by Crippen LogP contribution is -2.31. The van der Waals surface area contributed by atoms with Crippen molar-refractivity contribution in [3.63, 3.8) is 0 Å². The summed E-state index contributed by atoms with van der Waals surface area (Å²) >= 11 is 5.07. The minimum Gasteiger partial charge on any atom is -0.490 e. The number of thiocarbonyl (C=S) groups is 1. The molecule has 0 saturated carbocycles. The lowest BCUT2D eigenvalue weighted by atomic mass is 10.1. The molecule has 0 aliphatic rings. The third-order valence-corrected chi connectivity index (χ3v) is 3.70. The second-order valence-electron chi connectivity index (χ2n) is 5.65. The van der Waals surface area contributed by atoms with Gasteiger partial charge < -0.3 is 14.8 Å². The van der Waals surface area contributed by atoms with Gasteiger partial charge in [0.1, 0.15) is 6.61 Å². The van der Waals surface area contributed by atoms with Gasteiger partial charge in [0.05, 0.1) is 12.8 Å². The highest BCUT2D eigenvalue weighted by Crippen LogP contribution is 2.29. The normalized spacial score (nSPS) is 10.6. The molecule has 0 unspecified atom stereocenters. The minimum atomic E-state index is 0.492. The van der Waals surface area contributed by atoms with Gasteiger partial charge in [-0.25, -0.2) is 0 Å². The van der Waals surface area contributed by atoms with Gasteiger partial charge in [-0.3, -0.25) is 5.43 Å². The van der Waals surface area contributed by atoms with E-state index in [1.54, 1.807) is 6.21 Å². The summed E-state index contributed by atoms with van der Waals surface area (Å²) in [5, 5.41) is 7.58. The van der Waals surface area contributed by atoms with E-state index in [1.165, 1.54) is 5.56 Å². The minimum absolute atomic E-state index is 0.492. The van der Waals surface area contributed by atoms with Crippen LogP contribution in [0.25, 0.3) is 0 Å². The number of hydrogen-bond donors (Lipinski definition) is 2. The molecule has 0 heterocycles. The standard InChI is InChI=1S/C20H25N3O2S/c1-4-21-20(26)23-22-13-16-9-10-18(19(12-16)24-5-2)25-14-17-8-6-7-15(3)11-17/h6-13H,4-5,14H2,1-3H3,(H2,21,23,26)/b22-13+. The maximum Gasteiger partial charge on any atom is 0.186 e. The molecule has 0 aliphatic carbocycles. The van der Waals surface area contributed by atoms with Gasteiger partial charge in [-0.1, -0.05) is 29.8 Å². The van der Waals surface area contributed by atoms with E-state index in [1.807, 2.05) is 44.2 Å². The maximum atomic E-state index is 5.94. The van der Waals surface area contributed by atoms with Gasteiger partial charge in [-0.2, -0.15) is 5.10 Å². The zero-order valence-electron chi connectivity index (χ0n) is 15.4. The molecule has 0 aliphatic heterocycles. The summed E-state index contributed by atoms with van der Waals surface area (Å²) in [6.45, 7) is 7.79. The van der Waals surface area contributed by atoms with Crippen molar-refractivity contribution in [2.24, 2.45) is 5.10 Å². The van der Waals surface area contributed by atoms with Gasteiger partial charge in [0.15, 0.2) is 16.6 Å². The largest absolute Gasteiger partial charge is 0.490 e. The molecule has 0 saturated heterocycles. The molecule has 5 nitrogen and oxygen atoms in total. The molecule has 0 spiro atoms. The fourth-order valence-corrected chi connectivity index (χ4v) is 2.52. The quantitative estimate of drug-likeness (QED) is 0.420. The van der Waals surface area contributed by atoms with Crippen LogP contribution in [0.3, 0.4) is 0 Å². The Balaban J connectivity index is 2.05. The zero-order valence-corrected chi connectivity index (χ0v) is 16.2. The number of aryl methyl sites for hydroxylation is 1. The molecule has 0 amide bonds. The lowest BCUT2D eigenvalue weighted by molar-refractivity contribution is 0.269. The Bertz CT molecular complexity index is 762. The number of nitrogens with one attached hydrogen (secondary N) is 2. The summed E-state index contributed by atoms with van der Waals surface area (Å²) in [7, 11) is 0. The second-order valence-corrected chi connectivity index (χ2v) is 6.05. The Morgan fingerprint density at radius 3 is 2.69 bits per heavy atom. The van der Waals surface area contributed by atoms with E-state index in [9.17, 15) is 0 Å². The van der Waals surface area contributed by atoms with Crippen molar-refractivity contribution >= 4 is 23.5 Å². The van der Waals surface area contributed by atoms with Crippen LogP contribution in [0.4, 0.5) is 0 Å². The van der Waals surface area contributed by atoms with E-state index in [4.69, 9.17) is 21.7 Å². The molecule has 0 radical (unpaired) electrons. The molecule has 138 valence electrons. The van der Waals surface area contributed by atoms with Crippen LogP contribution in [0.1, 0.15) is 30.5 Å². The Labute approximate surface area is 160 Å². The number of nitrogens with zero attached hydrogens (tertiary/aromatic N) is 1. The van der Waals surface area contributed by atoms with Crippen LogP contribution >= 0.6 is 12.2 Å². The lowest BCUT2D eigenvalue weighted by Gasteiger charge is -2.13. The first-order valence-electron chi connectivity index (χ1n) is 8.64. The highest BCUT2D eigenvalue weighted by atomic mass is 32.1. The van der Waals surface area contributed by atoms with Crippen LogP contribution in [0.15, 0.2) is 47.6 Å². The smallest absolute Gasteiger partial charge is 0.186 e. The van der Waals surface area contributed by atoms with Crippen LogP contribution in [-0.2, 0) is 6.61 Å². The van der Waals surface area contributed by atoms with Gasteiger partial charge in [-0.05, 0) is 62.3 Å². The van der Waals surface area contributed by atoms with Crippen molar-refractivity contribution in [1.82, 2.24) is 10.7 Å². The third kappa shape index (κ3) is 6.37. The van der Waals surface area contributed by atoms with Crippen LogP contribution < -0.4 is 20.2 Å². The molecule has 0 fully saturated rings. The molecular weight excluding hydrogens is 346 g/mol. The van der Waals surface area contributed by atoms with Gasteiger partial charge in [0.2, 0.25) is 0 Å². The molecule has 0 atom stereocenters. The van der Waals surface area contributed by atoms with Gasteiger partial charge in [-0.15, -0.1) is 0 Å². The van der Waals surface area contributed by atoms with Crippen molar-refractivity contribution in [3.05, 3.63) is 59.2 Å². The average Bonchev–Trinajstić information content (AvgIpc) is 2.62. The predicted octanol–water partition coefficient (Wildman–Crippen LogP) is 3.79. The van der Waals surface area contributed by atoms with Crippen molar-refractivity contribution < 1.29 is 9.47 Å². The summed E-state index contributed by atoms with van der Waals surface area (Å²) in [6.07, 6.45) is 1.69. The highest BCUT2D eigenvalue weighted by Gasteiger charge is 2.06. The summed E-state index contributed by atoms with van der Waals surface area (Å²) < 4.78 is 11.7. The first-order valence-corrected chi connectivity index (χ1v) is 9.05. The van der Waals surface area contributed by atoms with Gasteiger partial charge in [0, 0.05) is 6.54 Å². The molecule has 2 N–H and O–H groups in total. The molecule has 0 aromatic heterocycles. The Morgan fingerprint density at radius 2 is 1.96 bits per heavy atom. The van der Waals surface area contributed by atoms with Crippen molar-refractivity contribution in [2.75, 3.05) is 13.2 Å². The van der Waals surface area contributed by atoms with Gasteiger partial charge >= 0.3 is 0 Å². The molecule has 2 rings (SSSR count). The predicted molar refractivity (Wildman–Crippen MR) is 110 cm³/mol. The molecule has 6 heteroatoms. The number of benzene rings is 2. The van der Waals surface area contributed by atoms with Crippen molar-refractivity contribution in [2.45, 2.75) is 27.4 Å².